The van der Waals surface area contributed by atoms with Crippen molar-refractivity contribution >= 4 is 17.5 Å². The van der Waals surface area contributed by atoms with Gasteiger partial charge in [0.25, 0.3) is 11.9 Å². The fourth-order valence-electron chi connectivity index (χ4n) is 3.14. The Labute approximate surface area is 167 Å². The SMILES string of the molecule is CC1c2nnc(C(F)(F)F)n2CCN1C(=O)c1ccc(Oc2ccccc2Cl)o1. The van der Waals surface area contributed by atoms with E-state index in [0.29, 0.717) is 10.8 Å². The zero-order valence-corrected chi connectivity index (χ0v) is 15.7. The Morgan fingerprint density at radius 3 is 2.69 bits per heavy atom. The minimum absolute atomic E-state index is 0.0112. The molecule has 1 aromatic carbocycles. The molecule has 1 aliphatic rings. The van der Waals surface area contributed by atoms with Gasteiger partial charge in [-0.15, -0.1) is 10.2 Å². The van der Waals surface area contributed by atoms with Crippen LogP contribution in [0.15, 0.2) is 40.8 Å². The lowest BCUT2D eigenvalue weighted by atomic mass is 10.2. The van der Waals surface area contributed by atoms with Gasteiger partial charge >= 0.3 is 6.18 Å². The molecule has 7 nitrogen and oxygen atoms in total. The first-order chi connectivity index (χ1) is 13.8. The molecule has 1 amide bonds. The summed E-state index contributed by atoms with van der Waals surface area (Å²) in [5.74, 6) is -1.08. The summed E-state index contributed by atoms with van der Waals surface area (Å²) >= 11 is 6.03. The second-order valence-electron chi connectivity index (χ2n) is 6.36. The molecule has 0 N–H and O–H groups in total. The van der Waals surface area contributed by atoms with E-state index in [0.717, 1.165) is 4.57 Å². The first-order valence-corrected chi connectivity index (χ1v) is 8.97. The molecule has 0 spiro atoms. The number of alkyl halides is 3. The fraction of sp³-hybridized carbons (Fsp3) is 0.278. The number of halogens is 4. The fourth-order valence-corrected chi connectivity index (χ4v) is 3.31. The zero-order valence-electron chi connectivity index (χ0n) is 15.0. The Balaban J connectivity index is 1.53. The molecule has 0 aliphatic carbocycles. The van der Waals surface area contributed by atoms with E-state index in [1.54, 1.807) is 31.2 Å². The molecule has 152 valence electrons. The van der Waals surface area contributed by atoms with Crippen LogP contribution in [0, 0.1) is 0 Å². The number of hydrogen-bond acceptors (Lipinski definition) is 5. The second-order valence-corrected chi connectivity index (χ2v) is 6.76. The number of fused-ring (bicyclic) bond motifs is 1. The van der Waals surface area contributed by atoms with E-state index in [-0.39, 0.29) is 30.6 Å². The third kappa shape index (κ3) is 3.55. The van der Waals surface area contributed by atoms with Crippen LogP contribution in [0.4, 0.5) is 13.2 Å². The zero-order chi connectivity index (χ0) is 20.8. The molecule has 0 saturated carbocycles. The molecule has 3 heterocycles. The van der Waals surface area contributed by atoms with E-state index in [9.17, 15) is 18.0 Å². The molecule has 11 heteroatoms. The average Bonchev–Trinajstić information content (AvgIpc) is 3.30. The summed E-state index contributed by atoms with van der Waals surface area (Å²) in [6.45, 7) is 1.56. The van der Waals surface area contributed by atoms with Crippen LogP contribution in [-0.2, 0) is 12.7 Å². The van der Waals surface area contributed by atoms with Crippen molar-refractivity contribution in [3.8, 4) is 11.7 Å². The molecule has 1 unspecified atom stereocenters. The van der Waals surface area contributed by atoms with Crippen LogP contribution < -0.4 is 4.74 Å². The Hall–Kier alpha value is -3.01. The molecule has 2 aromatic heterocycles. The number of amides is 1. The standard InChI is InChI=1S/C18H14ClF3N4O3/c1-10-15-23-24-17(18(20,21)22)26(15)9-8-25(10)16(27)13-6-7-14(29-13)28-12-5-3-2-4-11(12)19/h2-7,10H,8-9H2,1H3. The third-order valence-corrected chi connectivity index (χ3v) is 4.85. The van der Waals surface area contributed by atoms with Crippen molar-refractivity contribution in [1.82, 2.24) is 19.7 Å². The van der Waals surface area contributed by atoms with Crippen LogP contribution in [0.2, 0.25) is 5.02 Å². The largest absolute Gasteiger partial charge is 0.451 e. The van der Waals surface area contributed by atoms with Crippen molar-refractivity contribution in [3.63, 3.8) is 0 Å². The van der Waals surface area contributed by atoms with Crippen molar-refractivity contribution in [2.75, 3.05) is 6.54 Å². The van der Waals surface area contributed by atoms with Crippen molar-refractivity contribution in [2.24, 2.45) is 0 Å². The lowest BCUT2D eigenvalue weighted by Crippen LogP contribution is -2.41. The maximum absolute atomic E-state index is 13.0. The van der Waals surface area contributed by atoms with Gasteiger partial charge in [0.15, 0.2) is 11.6 Å². The van der Waals surface area contributed by atoms with Gasteiger partial charge in [0.1, 0.15) is 5.75 Å². The number of para-hydroxylation sites is 1. The van der Waals surface area contributed by atoms with E-state index in [4.69, 9.17) is 20.8 Å². The highest BCUT2D eigenvalue weighted by Gasteiger charge is 2.42. The Bertz CT molecular complexity index is 1060. The van der Waals surface area contributed by atoms with Crippen molar-refractivity contribution in [1.29, 1.82) is 0 Å². The number of rotatable bonds is 3. The number of nitrogens with zero attached hydrogens (tertiary/aromatic N) is 4. The lowest BCUT2D eigenvalue weighted by Gasteiger charge is -2.33. The summed E-state index contributed by atoms with van der Waals surface area (Å²) in [6.07, 6.45) is -4.61. The van der Waals surface area contributed by atoms with Gasteiger partial charge in [-0.1, -0.05) is 23.7 Å². The van der Waals surface area contributed by atoms with Crippen molar-refractivity contribution < 1.29 is 27.1 Å². The predicted molar refractivity (Wildman–Crippen MR) is 94.7 cm³/mol. The van der Waals surface area contributed by atoms with Crippen molar-refractivity contribution in [3.05, 3.63) is 58.8 Å². The molecule has 1 atom stereocenters. The number of furan rings is 1. The van der Waals surface area contributed by atoms with Crippen LogP contribution in [0.5, 0.6) is 11.7 Å². The first-order valence-electron chi connectivity index (χ1n) is 8.59. The van der Waals surface area contributed by atoms with E-state index in [2.05, 4.69) is 10.2 Å². The van der Waals surface area contributed by atoms with E-state index in [1.807, 2.05) is 0 Å². The number of benzene rings is 1. The molecule has 4 rings (SSSR count). The van der Waals surface area contributed by atoms with Gasteiger partial charge in [0.05, 0.1) is 11.1 Å². The van der Waals surface area contributed by atoms with Crippen molar-refractivity contribution in [2.45, 2.75) is 25.7 Å². The molecule has 0 bridgehead atoms. The van der Waals surface area contributed by atoms with Gasteiger partial charge in [-0.3, -0.25) is 4.79 Å². The molecule has 0 radical (unpaired) electrons. The monoisotopic (exact) mass is 426 g/mol. The number of carbonyl (C=O) groups excluding carboxylic acids is 1. The summed E-state index contributed by atoms with van der Waals surface area (Å²) in [7, 11) is 0. The van der Waals surface area contributed by atoms with Gasteiger partial charge in [-0.2, -0.15) is 13.2 Å². The van der Waals surface area contributed by atoms with Crippen LogP contribution in [-0.4, -0.2) is 32.1 Å². The number of ether oxygens (including phenoxy) is 1. The quantitative estimate of drug-likeness (QED) is 0.614. The van der Waals surface area contributed by atoms with Crippen LogP contribution in [0.3, 0.4) is 0 Å². The van der Waals surface area contributed by atoms with Crippen LogP contribution in [0.25, 0.3) is 0 Å². The molecular formula is C18H14ClF3N4O3. The summed E-state index contributed by atoms with van der Waals surface area (Å²) in [5.41, 5.74) is 0. The molecule has 3 aromatic rings. The topological polar surface area (TPSA) is 73.4 Å². The Morgan fingerprint density at radius 2 is 1.97 bits per heavy atom. The van der Waals surface area contributed by atoms with Crippen LogP contribution in [0.1, 0.15) is 35.2 Å². The predicted octanol–water partition coefficient (Wildman–Crippen LogP) is 4.55. The number of carbonyl (C=O) groups is 1. The maximum Gasteiger partial charge on any atom is 0.451 e. The second kappa shape index (κ2) is 7.11. The molecule has 29 heavy (non-hydrogen) atoms. The van der Waals surface area contributed by atoms with E-state index >= 15 is 0 Å². The molecule has 1 aliphatic heterocycles. The summed E-state index contributed by atoms with van der Waals surface area (Å²) in [6, 6.07) is 8.95. The van der Waals surface area contributed by atoms with Crippen LogP contribution >= 0.6 is 11.6 Å². The Morgan fingerprint density at radius 1 is 1.21 bits per heavy atom. The highest BCUT2D eigenvalue weighted by atomic mass is 35.5. The van der Waals surface area contributed by atoms with Gasteiger partial charge in [-0.05, 0) is 25.1 Å². The Kier molecular flexibility index (Phi) is 4.73. The smallest absolute Gasteiger partial charge is 0.424 e. The third-order valence-electron chi connectivity index (χ3n) is 4.54. The number of aromatic nitrogens is 3. The van der Waals surface area contributed by atoms with Gasteiger partial charge in [-0.25, -0.2) is 0 Å². The van der Waals surface area contributed by atoms with E-state index < -0.39 is 23.9 Å². The molecule has 0 fully saturated rings. The maximum atomic E-state index is 13.0. The number of hydrogen-bond donors (Lipinski definition) is 0. The minimum Gasteiger partial charge on any atom is -0.424 e. The summed E-state index contributed by atoms with van der Waals surface area (Å²) in [4.78, 5) is 14.2. The molecular weight excluding hydrogens is 413 g/mol. The minimum atomic E-state index is -4.61. The summed E-state index contributed by atoms with van der Waals surface area (Å²) < 4.78 is 51.1. The summed E-state index contributed by atoms with van der Waals surface area (Å²) in [5, 5.41) is 7.25. The highest BCUT2D eigenvalue weighted by molar-refractivity contribution is 6.32. The molecule has 0 saturated heterocycles. The van der Waals surface area contributed by atoms with E-state index in [1.165, 1.54) is 17.0 Å². The van der Waals surface area contributed by atoms with Gasteiger partial charge < -0.3 is 18.6 Å². The van der Waals surface area contributed by atoms with Gasteiger partial charge in [0.2, 0.25) is 5.82 Å². The average molecular weight is 427 g/mol. The lowest BCUT2D eigenvalue weighted by molar-refractivity contribution is -0.148. The first kappa shape index (κ1) is 19.3. The van der Waals surface area contributed by atoms with Gasteiger partial charge in [0, 0.05) is 19.2 Å². The highest BCUT2D eigenvalue weighted by Crippen LogP contribution is 2.34. The normalized spacial score (nSPS) is 16.6.